The summed E-state index contributed by atoms with van der Waals surface area (Å²) in [7, 11) is 1.44. The van der Waals surface area contributed by atoms with Crippen LogP contribution in [-0.2, 0) is 20.9 Å². The molecular weight excluding hydrogens is 612 g/mol. The summed E-state index contributed by atoms with van der Waals surface area (Å²) in [4.78, 5) is 76.2. The largest absolute Gasteiger partial charge is 0.394 e. The number of likely N-dealkylation sites (N-methyl/N-ethyl adjacent to an activating group) is 1. The van der Waals surface area contributed by atoms with E-state index >= 15 is 0 Å². The number of H-pyrrole nitrogens is 1. The zero-order valence-electron chi connectivity index (χ0n) is 26.2. The van der Waals surface area contributed by atoms with Crippen molar-refractivity contribution in [2.75, 3.05) is 37.8 Å². The smallest absolute Gasteiger partial charge is 0.280 e. The highest BCUT2D eigenvalue weighted by Crippen LogP contribution is 2.12. The standard InChI is InChI=1S/C30H42N10O7/c1-32-28(46)22(11-12-23(43)33-13-3-2-5-21(42)17-41)38-24(44)6-4-14-34-27(45)18-7-9-19(10-8-18)35-15-20-16-36-26-25(37-20)29(47)40-30(31)39-26/h7-10,16,21-22,35,41-42H,2-6,11-15,17H2,1H3,(H,32,46)(H,33,43)(H,34,45)(H,38,44)(H3,31,36,39,40,47)/t21-,22?/m0/s1. The summed E-state index contributed by atoms with van der Waals surface area (Å²) in [5.74, 6) is -1.42. The van der Waals surface area contributed by atoms with Crippen LogP contribution in [0.3, 0.4) is 0 Å². The summed E-state index contributed by atoms with van der Waals surface area (Å²) in [5.41, 5.74) is 6.91. The molecule has 3 aromatic rings. The summed E-state index contributed by atoms with van der Waals surface area (Å²) in [5, 5.41) is 31.9. The first-order chi connectivity index (χ1) is 22.6. The maximum absolute atomic E-state index is 12.6. The Bertz CT molecular complexity index is 1560. The number of nitrogens with two attached hydrogens (primary N) is 1. The third-order valence-electron chi connectivity index (χ3n) is 7.03. The average Bonchev–Trinajstić information content (AvgIpc) is 3.07. The summed E-state index contributed by atoms with van der Waals surface area (Å²) in [6.45, 7) is 0.611. The van der Waals surface area contributed by atoms with Gasteiger partial charge in [-0.05, 0) is 56.4 Å². The maximum Gasteiger partial charge on any atom is 0.280 e. The van der Waals surface area contributed by atoms with Crippen LogP contribution in [-0.4, -0.2) is 92.7 Å². The van der Waals surface area contributed by atoms with Crippen LogP contribution in [0.4, 0.5) is 11.6 Å². The van der Waals surface area contributed by atoms with Gasteiger partial charge in [-0.25, -0.2) is 9.97 Å². The number of aliphatic hydroxyl groups is 2. The second-order valence-corrected chi connectivity index (χ2v) is 10.7. The molecule has 0 fully saturated rings. The van der Waals surface area contributed by atoms with E-state index < -0.39 is 23.6 Å². The van der Waals surface area contributed by atoms with Crippen molar-refractivity contribution in [2.45, 2.75) is 63.6 Å². The van der Waals surface area contributed by atoms with E-state index in [2.05, 4.69) is 46.5 Å². The van der Waals surface area contributed by atoms with E-state index in [0.717, 1.165) is 0 Å². The molecule has 2 aromatic heterocycles. The minimum Gasteiger partial charge on any atom is -0.394 e. The quantitative estimate of drug-likeness (QED) is 0.0710. The van der Waals surface area contributed by atoms with Crippen molar-refractivity contribution in [1.82, 2.24) is 41.2 Å². The third-order valence-corrected chi connectivity index (χ3v) is 7.03. The van der Waals surface area contributed by atoms with Gasteiger partial charge in [0.15, 0.2) is 11.2 Å². The van der Waals surface area contributed by atoms with Crippen LogP contribution in [0, 0.1) is 0 Å². The minimum atomic E-state index is -0.882. The second-order valence-electron chi connectivity index (χ2n) is 10.7. The molecule has 3 rings (SSSR count). The number of rotatable bonds is 19. The van der Waals surface area contributed by atoms with Crippen LogP contribution in [0.5, 0.6) is 0 Å². The van der Waals surface area contributed by atoms with Crippen molar-refractivity contribution in [3.63, 3.8) is 0 Å². The number of amides is 4. The number of carbonyl (C=O) groups is 4. The van der Waals surface area contributed by atoms with Gasteiger partial charge in [-0.15, -0.1) is 0 Å². The molecule has 0 aliphatic heterocycles. The Balaban J connectivity index is 1.35. The summed E-state index contributed by atoms with van der Waals surface area (Å²) in [6, 6.07) is 5.83. The molecule has 0 saturated heterocycles. The first-order valence-corrected chi connectivity index (χ1v) is 15.3. The Kier molecular flexibility index (Phi) is 14.5. The fourth-order valence-electron chi connectivity index (χ4n) is 4.44. The van der Waals surface area contributed by atoms with Gasteiger partial charge >= 0.3 is 0 Å². The highest BCUT2D eigenvalue weighted by atomic mass is 16.3. The molecule has 0 spiro atoms. The molecular formula is C30H42N10O7. The molecule has 17 nitrogen and oxygen atoms in total. The Hall–Kier alpha value is -5.16. The normalized spacial score (nSPS) is 12.1. The lowest BCUT2D eigenvalue weighted by Gasteiger charge is -2.17. The van der Waals surface area contributed by atoms with Gasteiger partial charge in [-0.2, -0.15) is 4.98 Å². The fourth-order valence-corrected chi connectivity index (χ4v) is 4.44. The number of nitrogen functional groups attached to an aromatic ring is 1. The number of carbonyl (C=O) groups excluding carboxylic acids is 4. The van der Waals surface area contributed by atoms with Gasteiger partial charge in [0.05, 0.1) is 31.1 Å². The first-order valence-electron chi connectivity index (χ1n) is 15.3. The zero-order valence-corrected chi connectivity index (χ0v) is 26.2. The summed E-state index contributed by atoms with van der Waals surface area (Å²) in [6.07, 6.45) is 3.00. The van der Waals surface area contributed by atoms with Crippen molar-refractivity contribution in [3.8, 4) is 0 Å². The number of aromatic nitrogens is 4. The van der Waals surface area contributed by atoms with Gasteiger partial charge in [-0.3, -0.25) is 29.0 Å². The number of aliphatic hydroxyl groups excluding tert-OH is 2. The van der Waals surface area contributed by atoms with Crippen LogP contribution in [0.1, 0.15) is 61.0 Å². The molecule has 0 aliphatic carbocycles. The van der Waals surface area contributed by atoms with Crippen LogP contribution in [0.25, 0.3) is 11.2 Å². The summed E-state index contributed by atoms with van der Waals surface area (Å²) >= 11 is 0. The van der Waals surface area contributed by atoms with Gasteiger partial charge in [-0.1, -0.05) is 0 Å². The van der Waals surface area contributed by atoms with E-state index in [1.807, 2.05) is 0 Å². The Morgan fingerprint density at radius 2 is 1.70 bits per heavy atom. The SMILES string of the molecule is CNC(=O)C(CCC(=O)NCCCC[C@H](O)CO)NC(=O)CCCNC(=O)c1ccc(NCc2cnc3nc(N)[nH]c(=O)c3n2)cc1. The molecule has 47 heavy (non-hydrogen) atoms. The second kappa shape index (κ2) is 18.7. The highest BCUT2D eigenvalue weighted by Gasteiger charge is 2.20. The topological polar surface area (TPSA) is 266 Å². The number of benzene rings is 1. The molecule has 0 saturated carbocycles. The highest BCUT2D eigenvalue weighted by molar-refractivity contribution is 5.94. The van der Waals surface area contributed by atoms with Gasteiger partial charge < -0.3 is 42.5 Å². The number of nitrogens with one attached hydrogen (secondary N) is 6. The van der Waals surface area contributed by atoms with Crippen molar-refractivity contribution < 1.29 is 29.4 Å². The van der Waals surface area contributed by atoms with E-state index in [9.17, 15) is 29.1 Å². The molecule has 2 heterocycles. The minimum absolute atomic E-state index is 0.0360. The number of aromatic amines is 1. The van der Waals surface area contributed by atoms with E-state index in [-0.39, 0.29) is 73.8 Å². The van der Waals surface area contributed by atoms with Crippen molar-refractivity contribution >= 4 is 46.4 Å². The van der Waals surface area contributed by atoms with Crippen molar-refractivity contribution in [2.24, 2.45) is 0 Å². The molecule has 0 bridgehead atoms. The number of fused-ring (bicyclic) bond motifs is 1. The van der Waals surface area contributed by atoms with Gasteiger partial charge in [0, 0.05) is 44.2 Å². The lowest BCUT2D eigenvalue weighted by atomic mass is 10.1. The van der Waals surface area contributed by atoms with Crippen molar-refractivity contribution in [1.29, 1.82) is 0 Å². The van der Waals surface area contributed by atoms with Crippen LogP contribution < -0.4 is 37.9 Å². The van der Waals surface area contributed by atoms with Crippen molar-refractivity contribution in [3.05, 3.63) is 52.1 Å². The predicted molar refractivity (Wildman–Crippen MR) is 173 cm³/mol. The van der Waals surface area contributed by atoms with E-state index in [1.54, 1.807) is 24.3 Å². The maximum atomic E-state index is 12.6. The molecule has 1 aromatic carbocycles. The predicted octanol–water partition coefficient (Wildman–Crippen LogP) is -0.932. The van der Waals surface area contributed by atoms with Crippen LogP contribution >= 0.6 is 0 Å². The van der Waals surface area contributed by atoms with E-state index in [1.165, 1.54) is 13.2 Å². The molecule has 2 atom stereocenters. The lowest BCUT2D eigenvalue weighted by molar-refractivity contribution is -0.129. The van der Waals surface area contributed by atoms with Gasteiger partial charge in [0.2, 0.25) is 23.7 Å². The number of anilines is 2. The monoisotopic (exact) mass is 654 g/mol. The Morgan fingerprint density at radius 3 is 2.43 bits per heavy atom. The molecule has 10 N–H and O–H groups in total. The van der Waals surface area contributed by atoms with Crippen LogP contribution in [0.2, 0.25) is 0 Å². The number of hydrogen-bond acceptors (Lipinski definition) is 12. The molecule has 17 heteroatoms. The fraction of sp³-hybridized carbons (Fsp3) is 0.467. The van der Waals surface area contributed by atoms with Gasteiger partial charge in [0.25, 0.3) is 11.5 Å². The van der Waals surface area contributed by atoms with E-state index in [0.29, 0.717) is 49.2 Å². The molecule has 0 aliphatic rings. The summed E-state index contributed by atoms with van der Waals surface area (Å²) < 4.78 is 0. The van der Waals surface area contributed by atoms with E-state index in [4.69, 9.17) is 10.8 Å². The number of unbranched alkanes of at least 4 members (excludes halogenated alkanes) is 1. The molecule has 1 unspecified atom stereocenters. The Labute approximate surface area is 270 Å². The van der Waals surface area contributed by atoms with Crippen LogP contribution in [0.15, 0.2) is 35.3 Å². The third kappa shape index (κ3) is 12.3. The molecule has 4 amide bonds. The molecule has 0 radical (unpaired) electrons. The zero-order chi connectivity index (χ0) is 34.2. The number of hydrogen-bond donors (Lipinski definition) is 9. The average molecular weight is 655 g/mol. The van der Waals surface area contributed by atoms with Gasteiger partial charge in [0.1, 0.15) is 6.04 Å². The number of nitrogens with zero attached hydrogens (tertiary/aromatic N) is 3. The molecule has 254 valence electrons. The Morgan fingerprint density at radius 1 is 0.957 bits per heavy atom. The first kappa shape index (κ1) is 36.3. The lowest BCUT2D eigenvalue weighted by Crippen LogP contribution is -2.46.